The second kappa shape index (κ2) is 10.7. The molecule has 4 saturated carbocycles. The first-order valence-electron chi connectivity index (χ1n) is 15.9. The van der Waals surface area contributed by atoms with Crippen LogP contribution in [0.3, 0.4) is 0 Å². The number of amides is 2. The Balaban J connectivity index is 1.42. The maximum absolute atomic E-state index is 16.3. The molecule has 2 bridgehead atoms. The van der Waals surface area contributed by atoms with Gasteiger partial charge in [-0.2, -0.15) is 0 Å². The molecular weight excluding hydrogens is 620 g/mol. The molecule has 0 aromatic heterocycles. The highest BCUT2D eigenvalue weighted by molar-refractivity contribution is 7.96. The van der Waals surface area contributed by atoms with Crippen molar-refractivity contribution in [2.24, 2.45) is 5.41 Å². The second-order valence-corrected chi connectivity index (χ2v) is 15.0. The molecule has 3 atom stereocenters. The number of rotatable bonds is 5. The van der Waals surface area contributed by atoms with Gasteiger partial charge in [-0.25, -0.2) is 4.39 Å². The van der Waals surface area contributed by atoms with Gasteiger partial charge in [0.15, 0.2) is 5.12 Å². The number of carbonyl (C=O) groups excluding carboxylic acids is 3. The Kier molecular flexibility index (Phi) is 7.43. The van der Waals surface area contributed by atoms with Gasteiger partial charge >= 0.3 is 0 Å². The number of nitrogens with one attached hydrogen (secondary N) is 2. The summed E-state index contributed by atoms with van der Waals surface area (Å²) in [7, 11) is 0. The van der Waals surface area contributed by atoms with Crippen LogP contribution in [0.15, 0.2) is 36.4 Å². The van der Waals surface area contributed by atoms with E-state index in [9.17, 15) is 14.4 Å². The lowest BCUT2D eigenvalue weighted by Crippen LogP contribution is -2.63. The third kappa shape index (κ3) is 4.06. The zero-order chi connectivity index (χ0) is 31.1. The summed E-state index contributed by atoms with van der Waals surface area (Å²) >= 11 is 17.1. The van der Waals surface area contributed by atoms with Crippen molar-refractivity contribution in [3.05, 3.63) is 63.4 Å². The van der Waals surface area contributed by atoms with Gasteiger partial charge in [-0.3, -0.25) is 19.3 Å². The number of likely N-dealkylation sites (N-methyl/N-ethyl adjacent to an activating group) is 1. The fourth-order valence-electron chi connectivity index (χ4n) is 10.1. The first-order valence-corrected chi connectivity index (χ1v) is 17.1. The monoisotopic (exact) mass is 657 g/mol. The number of nitrogens with zero attached hydrogens (tertiary/aromatic N) is 1. The Labute approximate surface area is 273 Å². The van der Waals surface area contributed by atoms with Gasteiger partial charge in [-0.15, -0.1) is 12.6 Å². The molecule has 2 spiro atoms. The van der Waals surface area contributed by atoms with Crippen LogP contribution in [0.5, 0.6) is 0 Å². The second-order valence-electron chi connectivity index (χ2n) is 13.8. The van der Waals surface area contributed by atoms with Crippen LogP contribution in [0.2, 0.25) is 10.0 Å². The Morgan fingerprint density at radius 1 is 1.02 bits per heavy atom. The van der Waals surface area contributed by atoms with E-state index < -0.39 is 39.7 Å². The minimum Gasteiger partial charge on any atom is -0.349 e. The molecule has 4 aliphatic carbocycles. The average Bonchev–Trinajstić information content (AvgIpc) is 3.44. The van der Waals surface area contributed by atoms with Gasteiger partial charge in [0.05, 0.1) is 11.1 Å². The van der Waals surface area contributed by atoms with Gasteiger partial charge in [-0.05, 0) is 87.2 Å². The average molecular weight is 659 g/mol. The standard InChI is InChI=1S/C34H38Cl2FN3O3S/c1-2-40-27(28(41)39-32-16-13-31(14-17-32,15-18-32)30(43)44)25(21-7-6-8-23(36)26(21)37)34(33(40)11-4-3-5-12-33)22-10-9-20(35)19-24(22)38-29(34)42/h6-10,19,25,27H,2-5,11-18H2,1H3,(H,38,42)(H,39,41)(H,43,44)/t25-,27+,31?,32?,34+/m0/s1. The van der Waals surface area contributed by atoms with E-state index >= 15 is 4.39 Å². The van der Waals surface area contributed by atoms with E-state index in [-0.39, 0.29) is 27.5 Å². The van der Waals surface area contributed by atoms with Gasteiger partial charge in [0.25, 0.3) is 0 Å². The topological polar surface area (TPSA) is 78.5 Å². The van der Waals surface area contributed by atoms with Gasteiger partial charge in [0, 0.05) is 33.1 Å². The van der Waals surface area contributed by atoms with Crippen molar-refractivity contribution in [2.45, 2.75) is 106 Å². The molecule has 2 aliphatic heterocycles. The number of hydrogen-bond donors (Lipinski definition) is 3. The Morgan fingerprint density at radius 2 is 1.70 bits per heavy atom. The summed E-state index contributed by atoms with van der Waals surface area (Å²) in [5.74, 6) is -1.86. The number of benzene rings is 2. The number of anilines is 1. The van der Waals surface area contributed by atoms with E-state index in [2.05, 4.69) is 28.2 Å². The molecule has 2 aromatic rings. The first-order chi connectivity index (χ1) is 21.0. The van der Waals surface area contributed by atoms with Gasteiger partial charge in [-0.1, -0.05) is 67.6 Å². The summed E-state index contributed by atoms with van der Waals surface area (Å²) < 4.78 is 16.3. The molecule has 5 fully saturated rings. The highest BCUT2D eigenvalue weighted by atomic mass is 35.5. The van der Waals surface area contributed by atoms with E-state index in [1.807, 2.05) is 13.0 Å². The van der Waals surface area contributed by atoms with Crippen molar-refractivity contribution in [3.8, 4) is 0 Å². The molecule has 44 heavy (non-hydrogen) atoms. The van der Waals surface area contributed by atoms with Crippen LogP contribution in [0.4, 0.5) is 10.1 Å². The van der Waals surface area contributed by atoms with Crippen molar-refractivity contribution in [2.75, 3.05) is 11.9 Å². The highest BCUT2D eigenvalue weighted by Crippen LogP contribution is 2.66. The van der Waals surface area contributed by atoms with Crippen molar-refractivity contribution in [1.82, 2.24) is 10.2 Å². The molecule has 1 saturated heterocycles. The minimum absolute atomic E-state index is 0.0369. The van der Waals surface area contributed by atoms with Crippen LogP contribution < -0.4 is 10.6 Å². The Hall–Kier alpha value is -2.13. The number of halogens is 3. The molecule has 234 valence electrons. The van der Waals surface area contributed by atoms with E-state index in [4.69, 9.17) is 23.2 Å². The van der Waals surface area contributed by atoms with Crippen molar-refractivity contribution in [1.29, 1.82) is 0 Å². The normalized spacial score (nSPS) is 33.9. The third-order valence-corrected chi connectivity index (χ3v) is 13.1. The first kappa shape index (κ1) is 30.5. The van der Waals surface area contributed by atoms with Gasteiger partial charge < -0.3 is 10.6 Å². The summed E-state index contributed by atoms with van der Waals surface area (Å²) in [6.07, 6.45) is 8.39. The predicted molar refractivity (Wildman–Crippen MR) is 173 cm³/mol. The molecule has 2 N–H and O–H groups in total. The van der Waals surface area contributed by atoms with E-state index in [1.165, 1.54) is 6.07 Å². The van der Waals surface area contributed by atoms with Crippen LogP contribution in [-0.4, -0.2) is 45.5 Å². The molecule has 6 nitrogen and oxygen atoms in total. The minimum atomic E-state index is -1.25. The van der Waals surface area contributed by atoms with Crippen LogP contribution in [0, 0.1) is 11.2 Å². The summed E-state index contributed by atoms with van der Waals surface area (Å²) in [5.41, 5.74) is -1.18. The highest BCUT2D eigenvalue weighted by Gasteiger charge is 2.75. The summed E-state index contributed by atoms with van der Waals surface area (Å²) in [5, 5.41) is 6.99. The predicted octanol–water partition coefficient (Wildman–Crippen LogP) is 7.18. The lowest BCUT2D eigenvalue weighted by atomic mass is 9.55. The Morgan fingerprint density at radius 3 is 2.34 bits per heavy atom. The molecule has 0 radical (unpaired) electrons. The molecular formula is C34H38Cl2FN3O3S. The van der Waals surface area contributed by atoms with Crippen molar-refractivity contribution >= 4 is 58.4 Å². The number of fused-ring (bicyclic) bond motifs is 6. The van der Waals surface area contributed by atoms with E-state index in [1.54, 1.807) is 24.3 Å². The summed E-state index contributed by atoms with van der Waals surface area (Å²) in [6.45, 7) is 2.54. The summed E-state index contributed by atoms with van der Waals surface area (Å²) in [6, 6.07) is 9.51. The van der Waals surface area contributed by atoms with Crippen LogP contribution in [0.25, 0.3) is 0 Å². The fraction of sp³-hybridized carbons (Fsp3) is 0.559. The van der Waals surface area contributed by atoms with E-state index in [0.29, 0.717) is 68.6 Å². The van der Waals surface area contributed by atoms with Crippen molar-refractivity contribution in [3.63, 3.8) is 0 Å². The van der Waals surface area contributed by atoms with Crippen LogP contribution in [-0.2, 0) is 19.8 Å². The fourth-order valence-corrected chi connectivity index (χ4v) is 10.8. The van der Waals surface area contributed by atoms with Crippen LogP contribution >= 0.6 is 35.8 Å². The molecule has 2 heterocycles. The molecule has 2 amide bonds. The zero-order valence-electron chi connectivity index (χ0n) is 24.9. The lowest BCUT2D eigenvalue weighted by Gasteiger charge is -2.53. The quantitative estimate of drug-likeness (QED) is 0.298. The SMILES string of the molecule is CCN1[C@@H](C(=O)NC23CCC(C(=O)S)(CC2)CC3)[C@H](c2cccc(Cl)c2F)[C@]2(C(=O)Nc3cc(Cl)ccc32)C12CCCCC2. The molecule has 2 aromatic carbocycles. The number of carbonyl (C=O) groups is 3. The number of likely N-dealkylation sites (tertiary alicyclic amines) is 1. The smallest absolute Gasteiger partial charge is 0.238 e. The molecule has 8 rings (SSSR count). The van der Waals surface area contributed by atoms with Gasteiger partial charge in [0.2, 0.25) is 11.8 Å². The number of hydrogen-bond acceptors (Lipinski definition) is 4. The van der Waals surface area contributed by atoms with Crippen LogP contribution in [0.1, 0.15) is 94.6 Å². The molecule has 10 heteroatoms. The molecule has 0 unspecified atom stereocenters. The largest absolute Gasteiger partial charge is 0.349 e. The maximum Gasteiger partial charge on any atom is 0.238 e. The summed E-state index contributed by atoms with van der Waals surface area (Å²) in [4.78, 5) is 44.3. The number of thiol groups is 1. The molecule has 6 aliphatic rings. The third-order valence-electron chi connectivity index (χ3n) is 12.1. The zero-order valence-corrected chi connectivity index (χ0v) is 27.3. The Bertz CT molecular complexity index is 1540. The van der Waals surface area contributed by atoms with Gasteiger partial charge in [0.1, 0.15) is 11.2 Å². The maximum atomic E-state index is 16.3. The van der Waals surface area contributed by atoms with Crippen molar-refractivity contribution < 1.29 is 18.8 Å². The lowest BCUT2D eigenvalue weighted by molar-refractivity contribution is -0.134. The van der Waals surface area contributed by atoms with E-state index in [0.717, 1.165) is 24.8 Å².